The second-order valence-corrected chi connectivity index (χ2v) is 16.4. The number of benzene rings is 9. The van der Waals surface area contributed by atoms with Crippen LogP contribution in [0.15, 0.2) is 197 Å². The standard InChI is InChI=1S/C54H31N3O2S/c1-2-16-37(17-3-1)57(38-24-25-41-40-18-8-10-20-46(40)58-48(41)31-38)39-29-44-43-27-34-14-6-7-15-35(34)28-47(43)59-52(44)45(30-39)54-55-50(36-23-22-32-12-4-5-13-33(32)26-36)53-51(56-54)42-19-9-11-21-49(42)60-53/h1-31H. The first-order valence-electron chi connectivity index (χ1n) is 20.0. The summed E-state index contributed by atoms with van der Waals surface area (Å²) in [5.41, 5.74) is 9.86. The molecule has 0 saturated carbocycles. The lowest BCUT2D eigenvalue weighted by atomic mass is 10.0. The number of anilines is 3. The fourth-order valence-corrected chi connectivity index (χ4v) is 10.1. The first-order valence-corrected chi connectivity index (χ1v) is 20.9. The third-order valence-electron chi connectivity index (χ3n) is 11.8. The van der Waals surface area contributed by atoms with Crippen LogP contribution in [0.5, 0.6) is 0 Å². The van der Waals surface area contributed by atoms with Gasteiger partial charge in [-0.25, -0.2) is 9.97 Å². The number of aromatic nitrogens is 2. The van der Waals surface area contributed by atoms with Gasteiger partial charge in [0.25, 0.3) is 0 Å². The van der Waals surface area contributed by atoms with Crippen molar-refractivity contribution in [3.8, 4) is 22.6 Å². The summed E-state index contributed by atoms with van der Waals surface area (Å²) < 4.78 is 15.6. The zero-order chi connectivity index (χ0) is 39.3. The van der Waals surface area contributed by atoms with E-state index in [2.05, 4.69) is 181 Å². The van der Waals surface area contributed by atoms with Gasteiger partial charge in [0.2, 0.25) is 0 Å². The van der Waals surface area contributed by atoms with Crippen molar-refractivity contribution in [2.24, 2.45) is 0 Å². The molecule has 6 heteroatoms. The molecule has 4 heterocycles. The van der Waals surface area contributed by atoms with E-state index in [0.717, 1.165) is 110 Å². The second-order valence-electron chi connectivity index (χ2n) is 15.4. The minimum atomic E-state index is 0.602. The van der Waals surface area contributed by atoms with E-state index >= 15 is 0 Å². The van der Waals surface area contributed by atoms with Crippen molar-refractivity contribution in [3.63, 3.8) is 0 Å². The fraction of sp³-hybridized carbons (Fsp3) is 0. The Bertz CT molecular complexity index is 3860. The normalized spacial score (nSPS) is 12.0. The Kier molecular flexibility index (Phi) is 7.11. The van der Waals surface area contributed by atoms with Crippen LogP contribution in [0.3, 0.4) is 0 Å². The van der Waals surface area contributed by atoms with Crippen molar-refractivity contribution in [2.45, 2.75) is 0 Å². The number of nitrogens with zero attached hydrogens (tertiary/aromatic N) is 3. The van der Waals surface area contributed by atoms with Crippen molar-refractivity contribution in [3.05, 3.63) is 188 Å². The lowest BCUT2D eigenvalue weighted by Gasteiger charge is -2.26. The molecule has 0 bridgehead atoms. The van der Waals surface area contributed by atoms with Crippen LogP contribution in [-0.4, -0.2) is 9.97 Å². The van der Waals surface area contributed by atoms with Gasteiger partial charge in [-0.15, -0.1) is 11.3 Å². The summed E-state index contributed by atoms with van der Waals surface area (Å²) in [5, 5.41) is 9.93. The van der Waals surface area contributed by atoms with Crippen molar-refractivity contribution in [1.29, 1.82) is 0 Å². The number of rotatable bonds is 5. The summed E-state index contributed by atoms with van der Waals surface area (Å²) in [6.07, 6.45) is 0. The third-order valence-corrected chi connectivity index (χ3v) is 13.0. The Hall–Kier alpha value is -7.80. The van der Waals surface area contributed by atoms with Gasteiger partial charge in [0, 0.05) is 60.3 Å². The highest BCUT2D eigenvalue weighted by Gasteiger charge is 2.24. The molecule has 60 heavy (non-hydrogen) atoms. The Morgan fingerprint density at radius 3 is 1.98 bits per heavy atom. The highest BCUT2D eigenvalue weighted by atomic mass is 32.1. The van der Waals surface area contributed by atoms with E-state index in [1.165, 1.54) is 10.1 Å². The second kappa shape index (κ2) is 12.9. The van der Waals surface area contributed by atoms with E-state index in [4.69, 9.17) is 18.8 Å². The number of furan rings is 2. The van der Waals surface area contributed by atoms with Gasteiger partial charge in [-0.1, -0.05) is 115 Å². The van der Waals surface area contributed by atoms with Gasteiger partial charge in [-0.05, 0) is 88.3 Å². The molecule has 5 nitrogen and oxygen atoms in total. The monoisotopic (exact) mass is 785 g/mol. The van der Waals surface area contributed by atoms with Crippen LogP contribution >= 0.6 is 11.3 Å². The lowest BCUT2D eigenvalue weighted by Crippen LogP contribution is -2.10. The average Bonchev–Trinajstić information content (AvgIpc) is 3.99. The van der Waals surface area contributed by atoms with E-state index in [1.807, 2.05) is 12.1 Å². The Labute approximate surface area is 347 Å². The highest BCUT2D eigenvalue weighted by Crippen LogP contribution is 2.46. The minimum Gasteiger partial charge on any atom is -0.456 e. The molecule has 9 aromatic carbocycles. The molecule has 0 spiro atoms. The molecular formula is C54H31N3O2S. The van der Waals surface area contributed by atoms with Crippen molar-refractivity contribution in [1.82, 2.24) is 9.97 Å². The molecule has 0 fully saturated rings. The summed E-state index contributed by atoms with van der Waals surface area (Å²) >= 11 is 1.74. The van der Waals surface area contributed by atoms with Gasteiger partial charge in [0.05, 0.1) is 21.5 Å². The Balaban J connectivity index is 1.13. The molecule has 0 unspecified atom stereocenters. The van der Waals surface area contributed by atoms with Crippen molar-refractivity contribution < 1.29 is 8.83 Å². The van der Waals surface area contributed by atoms with Crippen molar-refractivity contribution in [2.75, 3.05) is 4.90 Å². The molecular weight excluding hydrogens is 755 g/mol. The van der Waals surface area contributed by atoms with Crippen LogP contribution in [0, 0.1) is 0 Å². The third kappa shape index (κ3) is 5.11. The quantitative estimate of drug-likeness (QED) is 0.174. The summed E-state index contributed by atoms with van der Waals surface area (Å²) in [5.74, 6) is 0.602. The largest absolute Gasteiger partial charge is 0.456 e. The van der Waals surface area contributed by atoms with Crippen LogP contribution in [-0.2, 0) is 0 Å². The molecule has 280 valence electrons. The maximum atomic E-state index is 6.96. The summed E-state index contributed by atoms with van der Waals surface area (Å²) in [6.45, 7) is 0. The number of fused-ring (bicyclic) bond motifs is 11. The van der Waals surface area contributed by atoms with Gasteiger partial charge >= 0.3 is 0 Å². The summed E-state index contributed by atoms with van der Waals surface area (Å²) in [7, 11) is 0. The van der Waals surface area contributed by atoms with Gasteiger partial charge in [-0.3, -0.25) is 0 Å². The molecule has 13 aromatic rings. The SMILES string of the molecule is c1ccc(N(c2ccc3c(c2)oc2ccccc23)c2cc(-c3nc(-c4ccc5ccccc5c4)c4sc5ccccc5c4n3)c3oc4cc5ccccc5cc4c3c2)cc1. The minimum absolute atomic E-state index is 0.602. The van der Waals surface area contributed by atoms with Gasteiger partial charge in [-0.2, -0.15) is 0 Å². The Morgan fingerprint density at radius 1 is 0.417 bits per heavy atom. The topological polar surface area (TPSA) is 55.3 Å². The van der Waals surface area contributed by atoms with E-state index in [0.29, 0.717) is 5.82 Å². The molecule has 0 aliphatic rings. The molecule has 13 rings (SSSR count). The lowest BCUT2D eigenvalue weighted by molar-refractivity contribution is 0.668. The van der Waals surface area contributed by atoms with Crippen LogP contribution in [0.1, 0.15) is 0 Å². The van der Waals surface area contributed by atoms with Gasteiger partial charge in [0.1, 0.15) is 22.3 Å². The molecule has 0 aliphatic heterocycles. The fourth-order valence-electron chi connectivity index (χ4n) is 8.96. The predicted octanol–water partition coefficient (Wildman–Crippen LogP) is 15.8. The number of hydrogen-bond acceptors (Lipinski definition) is 6. The van der Waals surface area contributed by atoms with E-state index < -0.39 is 0 Å². The molecule has 0 aliphatic carbocycles. The van der Waals surface area contributed by atoms with E-state index in [-0.39, 0.29) is 0 Å². The maximum absolute atomic E-state index is 6.96. The predicted molar refractivity (Wildman–Crippen MR) is 250 cm³/mol. The van der Waals surface area contributed by atoms with Crippen molar-refractivity contribution >= 4 is 114 Å². The molecule has 0 radical (unpaired) electrons. The molecule has 0 N–H and O–H groups in total. The zero-order valence-corrected chi connectivity index (χ0v) is 32.8. The summed E-state index contributed by atoms with van der Waals surface area (Å²) in [6, 6.07) is 66.1. The molecule has 0 saturated heterocycles. The van der Waals surface area contributed by atoms with Crippen LogP contribution in [0.4, 0.5) is 17.1 Å². The Morgan fingerprint density at radius 2 is 1.12 bits per heavy atom. The van der Waals surface area contributed by atoms with Crippen LogP contribution in [0.25, 0.3) is 108 Å². The number of hydrogen-bond donors (Lipinski definition) is 0. The molecule has 0 amide bonds. The van der Waals surface area contributed by atoms with Crippen LogP contribution in [0.2, 0.25) is 0 Å². The van der Waals surface area contributed by atoms with Gasteiger partial charge < -0.3 is 13.7 Å². The smallest absolute Gasteiger partial charge is 0.164 e. The maximum Gasteiger partial charge on any atom is 0.164 e. The molecule has 4 aromatic heterocycles. The van der Waals surface area contributed by atoms with Gasteiger partial charge in [0.15, 0.2) is 5.82 Å². The summed E-state index contributed by atoms with van der Waals surface area (Å²) in [4.78, 5) is 13.3. The number of thiophene rings is 1. The highest BCUT2D eigenvalue weighted by molar-refractivity contribution is 7.26. The average molecular weight is 786 g/mol. The zero-order valence-electron chi connectivity index (χ0n) is 32.0. The first-order chi connectivity index (χ1) is 29.7. The molecule has 0 atom stereocenters. The van der Waals surface area contributed by atoms with Crippen LogP contribution < -0.4 is 4.90 Å². The van der Waals surface area contributed by atoms with E-state index in [9.17, 15) is 0 Å². The van der Waals surface area contributed by atoms with E-state index in [1.54, 1.807) is 11.3 Å². The number of para-hydroxylation sites is 2. The first kappa shape index (κ1) is 33.2.